The van der Waals surface area contributed by atoms with Gasteiger partial charge < -0.3 is 5.32 Å². The number of para-hydroxylation sites is 2. The predicted octanol–water partition coefficient (Wildman–Crippen LogP) is 1.58. The first kappa shape index (κ1) is 17.1. The van der Waals surface area contributed by atoms with Gasteiger partial charge in [0, 0.05) is 38.1 Å². The van der Waals surface area contributed by atoms with Crippen LogP contribution in [0.3, 0.4) is 0 Å². The van der Waals surface area contributed by atoms with Crippen molar-refractivity contribution in [3.63, 3.8) is 0 Å². The number of nitrogens with zero attached hydrogens (tertiary/aromatic N) is 3. The van der Waals surface area contributed by atoms with Gasteiger partial charge in [0.15, 0.2) is 0 Å². The van der Waals surface area contributed by atoms with Gasteiger partial charge in [-0.25, -0.2) is 4.79 Å². The Kier molecular flexibility index (Phi) is 4.65. The van der Waals surface area contributed by atoms with E-state index in [-0.39, 0.29) is 18.1 Å². The van der Waals surface area contributed by atoms with Gasteiger partial charge in [-0.3, -0.25) is 18.8 Å². The second-order valence-electron chi connectivity index (χ2n) is 6.66. The molecule has 0 saturated heterocycles. The number of thiophene rings is 1. The van der Waals surface area contributed by atoms with Crippen LogP contribution < -0.4 is 11.0 Å². The topological polar surface area (TPSA) is 59.3 Å². The van der Waals surface area contributed by atoms with Crippen LogP contribution >= 0.6 is 11.3 Å². The van der Waals surface area contributed by atoms with Gasteiger partial charge in [0.25, 0.3) is 0 Å². The van der Waals surface area contributed by atoms with Gasteiger partial charge in [0.05, 0.1) is 11.0 Å². The summed E-state index contributed by atoms with van der Waals surface area (Å²) in [5, 5.41) is 5.10. The number of nitrogens with one attached hydrogen (secondary N) is 1. The summed E-state index contributed by atoms with van der Waals surface area (Å²) in [7, 11) is 1.73. The third kappa shape index (κ3) is 3.20. The molecule has 4 rings (SSSR count). The molecule has 1 aliphatic heterocycles. The van der Waals surface area contributed by atoms with Gasteiger partial charge in [-0.15, -0.1) is 11.3 Å². The molecule has 1 N–H and O–H groups in total. The summed E-state index contributed by atoms with van der Waals surface area (Å²) in [6.45, 7) is 3.46. The second-order valence-corrected chi connectivity index (χ2v) is 7.66. The summed E-state index contributed by atoms with van der Waals surface area (Å²) in [6, 6.07) is 9.73. The smallest absolute Gasteiger partial charge is 0.329 e. The highest BCUT2D eigenvalue weighted by Crippen LogP contribution is 2.23. The van der Waals surface area contributed by atoms with E-state index in [1.807, 2.05) is 35.6 Å². The molecule has 3 aromatic rings. The first-order valence-electron chi connectivity index (χ1n) is 8.82. The Labute approximate surface area is 155 Å². The highest BCUT2D eigenvalue weighted by molar-refractivity contribution is 7.10. The number of rotatable bonds is 5. The van der Waals surface area contributed by atoms with Crippen LogP contribution in [-0.2, 0) is 31.4 Å². The van der Waals surface area contributed by atoms with Crippen LogP contribution in [0.2, 0.25) is 0 Å². The maximum absolute atomic E-state index is 12.4. The fraction of sp³-hybridized carbons (Fsp3) is 0.368. The number of carbonyl (C=O) groups excluding carboxylic acids is 1. The van der Waals surface area contributed by atoms with Gasteiger partial charge in [0.1, 0.15) is 6.54 Å². The van der Waals surface area contributed by atoms with Crippen LogP contribution in [0, 0.1) is 0 Å². The zero-order chi connectivity index (χ0) is 18.1. The molecule has 26 heavy (non-hydrogen) atoms. The lowest BCUT2D eigenvalue weighted by Gasteiger charge is -2.26. The van der Waals surface area contributed by atoms with Crippen molar-refractivity contribution in [2.24, 2.45) is 7.05 Å². The Morgan fingerprint density at radius 1 is 1.23 bits per heavy atom. The molecule has 1 aliphatic rings. The van der Waals surface area contributed by atoms with Gasteiger partial charge in [0.2, 0.25) is 5.91 Å². The number of aromatic nitrogens is 2. The fourth-order valence-electron chi connectivity index (χ4n) is 3.57. The van der Waals surface area contributed by atoms with E-state index in [2.05, 4.69) is 21.7 Å². The average molecular weight is 370 g/mol. The van der Waals surface area contributed by atoms with E-state index in [0.717, 1.165) is 37.1 Å². The summed E-state index contributed by atoms with van der Waals surface area (Å²) < 4.78 is 3.11. The first-order chi connectivity index (χ1) is 12.6. The van der Waals surface area contributed by atoms with E-state index >= 15 is 0 Å². The number of fused-ring (bicyclic) bond motifs is 2. The largest absolute Gasteiger partial charge is 0.353 e. The number of hydrogen-bond donors (Lipinski definition) is 1. The Bertz CT molecular complexity index is 1000. The number of aryl methyl sites for hydroxylation is 1. The van der Waals surface area contributed by atoms with Crippen LogP contribution in [0.5, 0.6) is 0 Å². The minimum Gasteiger partial charge on any atom is -0.353 e. The SMILES string of the molecule is Cn1c(=O)n(CC(=O)NCCN2CCc3sccc3C2)c2ccccc21. The monoisotopic (exact) mass is 370 g/mol. The minimum absolute atomic E-state index is 0.0505. The zero-order valence-corrected chi connectivity index (χ0v) is 15.6. The summed E-state index contributed by atoms with van der Waals surface area (Å²) >= 11 is 1.83. The molecule has 0 bridgehead atoms. The molecule has 1 aromatic carbocycles. The lowest BCUT2D eigenvalue weighted by atomic mass is 10.1. The molecular weight excluding hydrogens is 348 g/mol. The maximum Gasteiger partial charge on any atom is 0.329 e. The average Bonchev–Trinajstić information content (AvgIpc) is 3.21. The zero-order valence-electron chi connectivity index (χ0n) is 14.8. The van der Waals surface area contributed by atoms with Crippen LogP contribution in [0.25, 0.3) is 11.0 Å². The lowest BCUT2D eigenvalue weighted by Crippen LogP contribution is -2.39. The molecule has 0 spiro atoms. The van der Waals surface area contributed by atoms with Crippen LogP contribution in [-0.4, -0.2) is 39.6 Å². The Balaban J connectivity index is 1.34. The molecule has 6 nitrogen and oxygen atoms in total. The van der Waals surface area contributed by atoms with Crippen molar-refractivity contribution in [1.82, 2.24) is 19.4 Å². The quantitative estimate of drug-likeness (QED) is 0.742. The highest BCUT2D eigenvalue weighted by atomic mass is 32.1. The molecule has 3 heterocycles. The van der Waals surface area contributed by atoms with E-state index in [0.29, 0.717) is 6.54 Å². The van der Waals surface area contributed by atoms with Crippen molar-refractivity contribution in [3.05, 3.63) is 56.6 Å². The van der Waals surface area contributed by atoms with Crippen molar-refractivity contribution in [3.8, 4) is 0 Å². The van der Waals surface area contributed by atoms with Crippen molar-refractivity contribution < 1.29 is 4.79 Å². The van der Waals surface area contributed by atoms with Crippen LogP contribution in [0.4, 0.5) is 0 Å². The van der Waals surface area contributed by atoms with Crippen LogP contribution in [0.1, 0.15) is 10.4 Å². The predicted molar refractivity (Wildman–Crippen MR) is 103 cm³/mol. The maximum atomic E-state index is 12.4. The minimum atomic E-state index is -0.164. The van der Waals surface area contributed by atoms with Crippen molar-refractivity contribution in [1.29, 1.82) is 0 Å². The molecule has 0 unspecified atom stereocenters. The van der Waals surface area contributed by atoms with Gasteiger partial charge >= 0.3 is 5.69 Å². The third-order valence-electron chi connectivity index (χ3n) is 4.99. The van der Waals surface area contributed by atoms with Gasteiger partial charge in [-0.2, -0.15) is 0 Å². The fourth-order valence-corrected chi connectivity index (χ4v) is 4.46. The van der Waals surface area contributed by atoms with E-state index in [4.69, 9.17) is 0 Å². The Morgan fingerprint density at radius 2 is 2.04 bits per heavy atom. The second kappa shape index (κ2) is 7.09. The summed E-state index contributed by atoms with van der Waals surface area (Å²) in [4.78, 5) is 28.5. The molecule has 0 saturated carbocycles. The van der Waals surface area contributed by atoms with Crippen molar-refractivity contribution >= 4 is 28.3 Å². The van der Waals surface area contributed by atoms with E-state index in [9.17, 15) is 9.59 Å². The standard InChI is InChI=1S/C19H22N4O2S/c1-21-15-4-2-3-5-16(15)23(19(21)25)13-18(24)20-8-10-22-9-6-17-14(12-22)7-11-26-17/h2-5,7,11H,6,8-10,12-13H2,1H3,(H,20,24). The van der Waals surface area contributed by atoms with Crippen molar-refractivity contribution in [2.75, 3.05) is 19.6 Å². The highest BCUT2D eigenvalue weighted by Gasteiger charge is 2.17. The molecule has 0 aliphatic carbocycles. The third-order valence-corrected chi connectivity index (χ3v) is 6.01. The van der Waals surface area contributed by atoms with Gasteiger partial charge in [-0.1, -0.05) is 12.1 Å². The first-order valence-corrected chi connectivity index (χ1v) is 9.70. The summed E-state index contributed by atoms with van der Waals surface area (Å²) in [6.07, 6.45) is 1.09. The summed E-state index contributed by atoms with van der Waals surface area (Å²) in [5.74, 6) is -0.128. The molecule has 0 atom stereocenters. The van der Waals surface area contributed by atoms with Crippen molar-refractivity contribution in [2.45, 2.75) is 19.5 Å². The number of amides is 1. The van der Waals surface area contributed by atoms with E-state index in [1.54, 1.807) is 11.6 Å². The molecule has 2 aromatic heterocycles. The normalized spacial score (nSPS) is 14.5. The van der Waals surface area contributed by atoms with Gasteiger partial charge in [-0.05, 0) is 35.6 Å². The number of carbonyl (C=O) groups is 1. The van der Waals surface area contributed by atoms with E-state index in [1.165, 1.54) is 15.0 Å². The summed E-state index contributed by atoms with van der Waals surface area (Å²) in [5.41, 5.74) is 2.87. The number of imidazole rings is 1. The molecular formula is C19H22N4O2S. The number of benzene rings is 1. The molecule has 136 valence electrons. The lowest BCUT2D eigenvalue weighted by molar-refractivity contribution is -0.121. The number of hydrogen-bond acceptors (Lipinski definition) is 4. The Morgan fingerprint density at radius 3 is 2.88 bits per heavy atom. The van der Waals surface area contributed by atoms with Crippen LogP contribution in [0.15, 0.2) is 40.5 Å². The molecule has 0 radical (unpaired) electrons. The molecule has 7 heteroatoms. The molecule has 0 fully saturated rings. The molecule has 1 amide bonds. The Hall–Kier alpha value is -2.38. The van der Waals surface area contributed by atoms with E-state index < -0.39 is 0 Å².